The lowest BCUT2D eigenvalue weighted by Crippen LogP contribution is -2.31. The highest BCUT2D eigenvalue weighted by Crippen LogP contribution is 2.30. The molecule has 19 heavy (non-hydrogen) atoms. The number of amides is 1. The maximum Gasteiger partial charge on any atom is 0.255 e. The van der Waals surface area contributed by atoms with E-state index in [0.29, 0.717) is 23.9 Å². The first-order valence-corrected chi connectivity index (χ1v) is 6.80. The summed E-state index contributed by atoms with van der Waals surface area (Å²) < 4.78 is 0. The van der Waals surface area contributed by atoms with Gasteiger partial charge in [0, 0.05) is 13.2 Å². The maximum atomic E-state index is 12.0. The summed E-state index contributed by atoms with van der Waals surface area (Å²) in [6, 6.07) is 4.99. The Morgan fingerprint density at radius 1 is 1.37 bits per heavy atom. The van der Waals surface area contributed by atoms with Gasteiger partial charge in [-0.25, -0.2) is 0 Å². The van der Waals surface area contributed by atoms with Crippen molar-refractivity contribution in [1.29, 1.82) is 0 Å². The van der Waals surface area contributed by atoms with E-state index in [4.69, 9.17) is 0 Å². The second-order valence-corrected chi connectivity index (χ2v) is 5.36. The number of nitrogens with one attached hydrogen (secondary N) is 1. The molecule has 1 fully saturated rings. The van der Waals surface area contributed by atoms with Crippen LogP contribution in [0.2, 0.25) is 0 Å². The average Bonchev–Trinajstić information content (AvgIpc) is 2.86. The maximum absolute atomic E-state index is 12.0. The van der Waals surface area contributed by atoms with Crippen LogP contribution in [0.1, 0.15) is 35.2 Å². The second-order valence-electron chi connectivity index (χ2n) is 5.36. The molecule has 1 aromatic carbocycles. The summed E-state index contributed by atoms with van der Waals surface area (Å²) in [5.74, 6) is 0.408. The minimum Gasteiger partial charge on any atom is -0.507 e. The van der Waals surface area contributed by atoms with E-state index in [1.54, 1.807) is 12.1 Å². The third-order valence-corrected chi connectivity index (χ3v) is 3.97. The van der Waals surface area contributed by atoms with Gasteiger partial charge in [-0.15, -0.1) is 0 Å². The van der Waals surface area contributed by atoms with Crippen molar-refractivity contribution in [3.63, 3.8) is 0 Å². The van der Waals surface area contributed by atoms with Crippen LogP contribution in [-0.2, 0) is 0 Å². The molecule has 2 unspecified atom stereocenters. The number of carbonyl (C=O) groups excluding carboxylic acids is 1. The second kappa shape index (κ2) is 6.06. The predicted octanol–water partition coefficient (Wildman–Crippen LogP) is 1.84. The van der Waals surface area contributed by atoms with Gasteiger partial charge in [0.05, 0.1) is 5.56 Å². The van der Waals surface area contributed by atoms with Gasteiger partial charge in [-0.05, 0) is 43.7 Å². The van der Waals surface area contributed by atoms with E-state index in [2.05, 4.69) is 5.32 Å². The standard InChI is InChI=1S/C15H21NO3/c1-10-5-6-14(18)13(7-10)15(19)16-8-11-3-2-4-12(11)9-17/h5-7,11-12,17-18H,2-4,8-9H2,1H3,(H,16,19). The highest BCUT2D eigenvalue weighted by molar-refractivity contribution is 5.96. The minimum atomic E-state index is -0.246. The van der Waals surface area contributed by atoms with Crippen LogP contribution in [0.5, 0.6) is 5.75 Å². The lowest BCUT2D eigenvalue weighted by molar-refractivity contribution is 0.0935. The molecule has 0 heterocycles. The Hall–Kier alpha value is -1.55. The largest absolute Gasteiger partial charge is 0.507 e. The fourth-order valence-electron chi connectivity index (χ4n) is 2.77. The van der Waals surface area contributed by atoms with Gasteiger partial charge in [0.15, 0.2) is 0 Å². The molecule has 2 rings (SSSR count). The fraction of sp³-hybridized carbons (Fsp3) is 0.533. The van der Waals surface area contributed by atoms with Crippen LogP contribution < -0.4 is 5.32 Å². The molecule has 1 saturated carbocycles. The molecule has 1 amide bonds. The van der Waals surface area contributed by atoms with Crippen LogP contribution in [0.15, 0.2) is 18.2 Å². The summed E-state index contributed by atoms with van der Waals surface area (Å²) in [6.07, 6.45) is 3.19. The molecule has 0 bridgehead atoms. The first kappa shape index (κ1) is 13.9. The molecule has 0 aliphatic heterocycles. The molecular weight excluding hydrogens is 242 g/mol. The summed E-state index contributed by atoms with van der Waals surface area (Å²) in [5.41, 5.74) is 1.26. The van der Waals surface area contributed by atoms with E-state index in [1.807, 2.05) is 6.92 Å². The van der Waals surface area contributed by atoms with E-state index in [9.17, 15) is 15.0 Å². The van der Waals surface area contributed by atoms with E-state index >= 15 is 0 Å². The summed E-state index contributed by atoms with van der Waals surface area (Å²) in [6.45, 7) is 2.64. The fourth-order valence-corrected chi connectivity index (χ4v) is 2.77. The smallest absolute Gasteiger partial charge is 0.255 e. The van der Waals surface area contributed by atoms with Gasteiger partial charge in [0.2, 0.25) is 0 Å². The van der Waals surface area contributed by atoms with Gasteiger partial charge in [-0.3, -0.25) is 4.79 Å². The van der Waals surface area contributed by atoms with Crippen molar-refractivity contribution in [3.05, 3.63) is 29.3 Å². The number of aliphatic hydroxyl groups is 1. The summed E-state index contributed by atoms with van der Waals surface area (Å²) in [5, 5.41) is 21.8. The van der Waals surface area contributed by atoms with Crippen LogP contribution >= 0.6 is 0 Å². The number of carbonyl (C=O) groups is 1. The topological polar surface area (TPSA) is 69.6 Å². The third kappa shape index (κ3) is 3.26. The van der Waals surface area contributed by atoms with Crippen LogP contribution in [0, 0.1) is 18.8 Å². The molecular formula is C15H21NO3. The molecule has 0 radical (unpaired) electrons. The molecule has 0 spiro atoms. The van der Waals surface area contributed by atoms with Crippen LogP contribution in [0.4, 0.5) is 0 Å². The van der Waals surface area contributed by atoms with Crippen LogP contribution in [0.3, 0.4) is 0 Å². The number of benzene rings is 1. The van der Waals surface area contributed by atoms with Crippen LogP contribution in [0.25, 0.3) is 0 Å². The van der Waals surface area contributed by atoms with Gasteiger partial charge < -0.3 is 15.5 Å². The Labute approximate surface area is 113 Å². The number of phenols is 1. The molecule has 4 heteroatoms. The predicted molar refractivity (Wildman–Crippen MR) is 73.1 cm³/mol. The molecule has 3 N–H and O–H groups in total. The zero-order chi connectivity index (χ0) is 13.8. The average molecular weight is 263 g/mol. The Kier molecular flexibility index (Phi) is 4.43. The number of rotatable bonds is 4. The highest BCUT2D eigenvalue weighted by atomic mass is 16.3. The molecule has 104 valence electrons. The zero-order valence-electron chi connectivity index (χ0n) is 11.2. The van der Waals surface area contributed by atoms with E-state index in [1.165, 1.54) is 6.07 Å². The first-order chi connectivity index (χ1) is 9.11. The van der Waals surface area contributed by atoms with E-state index < -0.39 is 0 Å². The molecule has 2 atom stereocenters. The number of aryl methyl sites for hydroxylation is 1. The molecule has 1 aliphatic carbocycles. The normalized spacial score (nSPS) is 22.4. The number of aliphatic hydroxyl groups excluding tert-OH is 1. The zero-order valence-corrected chi connectivity index (χ0v) is 11.2. The van der Waals surface area contributed by atoms with Crippen molar-refractivity contribution in [2.24, 2.45) is 11.8 Å². The van der Waals surface area contributed by atoms with Crippen molar-refractivity contribution < 1.29 is 15.0 Å². The Balaban J connectivity index is 1.96. The molecule has 0 saturated heterocycles. The number of hydrogen-bond donors (Lipinski definition) is 3. The van der Waals surface area contributed by atoms with Crippen LogP contribution in [-0.4, -0.2) is 29.3 Å². The monoisotopic (exact) mass is 263 g/mol. The van der Waals surface area contributed by atoms with Crippen molar-refractivity contribution in [2.75, 3.05) is 13.2 Å². The Morgan fingerprint density at radius 2 is 2.11 bits per heavy atom. The third-order valence-electron chi connectivity index (χ3n) is 3.97. The van der Waals surface area contributed by atoms with Gasteiger partial charge >= 0.3 is 0 Å². The summed E-state index contributed by atoms with van der Waals surface area (Å²) >= 11 is 0. The van der Waals surface area contributed by atoms with Crippen molar-refractivity contribution >= 4 is 5.91 Å². The first-order valence-electron chi connectivity index (χ1n) is 6.80. The van der Waals surface area contributed by atoms with Gasteiger partial charge in [-0.1, -0.05) is 18.1 Å². The van der Waals surface area contributed by atoms with Crippen molar-refractivity contribution in [2.45, 2.75) is 26.2 Å². The molecule has 1 aliphatic rings. The molecule has 0 aromatic heterocycles. The van der Waals surface area contributed by atoms with Gasteiger partial charge in [-0.2, -0.15) is 0 Å². The quantitative estimate of drug-likeness (QED) is 0.776. The SMILES string of the molecule is Cc1ccc(O)c(C(=O)NCC2CCCC2CO)c1. The molecule has 1 aromatic rings. The molecule has 4 nitrogen and oxygen atoms in total. The summed E-state index contributed by atoms with van der Waals surface area (Å²) in [7, 11) is 0. The lowest BCUT2D eigenvalue weighted by atomic mass is 9.97. The number of phenolic OH excluding ortho intramolecular Hbond substituents is 1. The van der Waals surface area contributed by atoms with E-state index in [0.717, 1.165) is 24.8 Å². The van der Waals surface area contributed by atoms with Gasteiger partial charge in [0.1, 0.15) is 5.75 Å². The van der Waals surface area contributed by atoms with Crippen molar-refractivity contribution in [3.8, 4) is 5.75 Å². The van der Waals surface area contributed by atoms with Gasteiger partial charge in [0.25, 0.3) is 5.91 Å². The van der Waals surface area contributed by atoms with E-state index in [-0.39, 0.29) is 18.3 Å². The Morgan fingerprint density at radius 3 is 2.84 bits per heavy atom. The Bertz CT molecular complexity index is 459. The minimum absolute atomic E-state index is 0.00762. The van der Waals surface area contributed by atoms with Crippen molar-refractivity contribution in [1.82, 2.24) is 5.32 Å². The number of hydrogen-bond acceptors (Lipinski definition) is 3. The highest BCUT2D eigenvalue weighted by Gasteiger charge is 2.27. The summed E-state index contributed by atoms with van der Waals surface area (Å²) in [4.78, 5) is 12.0. The lowest BCUT2D eigenvalue weighted by Gasteiger charge is -2.18. The number of aromatic hydroxyl groups is 1.